The van der Waals surface area contributed by atoms with E-state index in [1.165, 1.54) is 11.3 Å². The molecule has 0 spiro atoms. The van der Waals surface area contributed by atoms with Crippen molar-refractivity contribution >= 4 is 34.4 Å². The summed E-state index contributed by atoms with van der Waals surface area (Å²) >= 11 is 6.46. The van der Waals surface area contributed by atoms with Gasteiger partial charge in [-0.3, -0.25) is 14.3 Å². The molecule has 0 saturated carbocycles. The predicted octanol–water partition coefficient (Wildman–Crippen LogP) is 1.67. The number of fused-ring (bicyclic) bond motifs is 1. The van der Waals surface area contributed by atoms with Gasteiger partial charge in [0, 0.05) is 18.8 Å². The van der Waals surface area contributed by atoms with Crippen LogP contribution in [-0.4, -0.2) is 39.8 Å². The zero-order valence-corrected chi connectivity index (χ0v) is 12.1. The summed E-state index contributed by atoms with van der Waals surface area (Å²) in [6.45, 7) is 3.22. The number of aromatic nitrogens is 3. The van der Waals surface area contributed by atoms with E-state index in [1.807, 2.05) is 6.92 Å². The third-order valence-electron chi connectivity index (χ3n) is 3.22. The van der Waals surface area contributed by atoms with Gasteiger partial charge in [0.15, 0.2) is 0 Å². The number of carbonyl (C=O) groups excluding carboxylic acids is 1. The molecular weight excluding hydrogens is 284 g/mol. The van der Waals surface area contributed by atoms with Crippen molar-refractivity contribution in [1.29, 1.82) is 0 Å². The summed E-state index contributed by atoms with van der Waals surface area (Å²) in [7, 11) is 0. The van der Waals surface area contributed by atoms with Crippen molar-refractivity contribution in [3.8, 4) is 0 Å². The Bertz CT molecular complexity index is 666. The number of hydrogen-bond acceptors (Lipinski definition) is 5. The third kappa shape index (κ3) is 2.31. The first kappa shape index (κ1) is 12.8. The molecule has 1 fully saturated rings. The highest BCUT2D eigenvalue weighted by molar-refractivity contribution is 7.71. The fourth-order valence-electron chi connectivity index (χ4n) is 2.22. The molecule has 1 aliphatic rings. The second-order valence-electron chi connectivity index (χ2n) is 4.51. The van der Waals surface area contributed by atoms with Gasteiger partial charge in [0.25, 0.3) is 5.91 Å². The second kappa shape index (κ2) is 5.03. The molecule has 1 unspecified atom stereocenters. The number of aryl methyl sites for hydroxylation is 1. The summed E-state index contributed by atoms with van der Waals surface area (Å²) in [5.41, 5.74) is 0.823. The van der Waals surface area contributed by atoms with Crippen LogP contribution in [-0.2, 0) is 4.74 Å². The third-order valence-corrected chi connectivity index (χ3v) is 4.63. The number of nitrogens with one attached hydrogen (secondary N) is 2. The summed E-state index contributed by atoms with van der Waals surface area (Å²) in [6.07, 6.45) is 2.23. The van der Waals surface area contributed by atoms with Gasteiger partial charge in [-0.15, -0.1) is 5.10 Å². The molecule has 0 aliphatic carbocycles. The van der Waals surface area contributed by atoms with Gasteiger partial charge in [0.2, 0.25) is 9.73 Å². The lowest BCUT2D eigenvalue weighted by atomic mass is 10.2. The Morgan fingerprint density at radius 2 is 2.58 bits per heavy atom. The molecule has 2 N–H and O–H groups in total. The molecule has 3 rings (SSSR count). The second-order valence-corrected chi connectivity index (χ2v) is 5.87. The first-order valence-electron chi connectivity index (χ1n) is 6.13. The van der Waals surface area contributed by atoms with E-state index in [0.717, 1.165) is 25.1 Å². The van der Waals surface area contributed by atoms with E-state index in [0.29, 0.717) is 21.2 Å². The van der Waals surface area contributed by atoms with Gasteiger partial charge >= 0.3 is 0 Å². The van der Waals surface area contributed by atoms with Crippen LogP contribution >= 0.6 is 23.6 Å². The van der Waals surface area contributed by atoms with Crippen molar-refractivity contribution in [2.75, 3.05) is 13.2 Å². The lowest BCUT2D eigenvalue weighted by molar-refractivity contribution is 0.0860. The Balaban J connectivity index is 1.77. The van der Waals surface area contributed by atoms with Gasteiger partial charge in [-0.05, 0) is 32.0 Å². The number of nitrogens with zero attached hydrogens (tertiary/aromatic N) is 2. The molecule has 0 bridgehead atoms. The largest absolute Gasteiger partial charge is 0.376 e. The van der Waals surface area contributed by atoms with Crippen LogP contribution < -0.4 is 5.32 Å². The molecule has 0 radical (unpaired) electrons. The summed E-state index contributed by atoms with van der Waals surface area (Å²) in [4.78, 5) is 13.5. The first-order valence-corrected chi connectivity index (χ1v) is 7.35. The van der Waals surface area contributed by atoms with Crippen molar-refractivity contribution in [3.63, 3.8) is 0 Å². The predicted molar refractivity (Wildman–Crippen MR) is 74.3 cm³/mol. The molecule has 6 nitrogen and oxygen atoms in total. The molecular formula is C11H14N4O2S2. The Morgan fingerprint density at radius 3 is 3.26 bits per heavy atom. The Hall–Kier alpha value is -1.25. The summed E-state index contributed by atoms with van der Waals surface area (Å²) < 4.78 is 7.78. The smallest absolute Gasteiger partial charge is 0.263 e. The van der Waals surface area contributed by atoms with Crippen molar-refractivity contribution in [2.45, 2.75) is 25.9 Å². The van der Waals surface area contributed by atoms with Crippen molar-refractivity contribution in [1.82, 2.24) is 19.9 Å². The maximum absolute atomic E-state index is 12.2. The molecule has 1 atom stereocenters. The molecule has 2 aromatic rings. The fourth-order valence-corrected chi connectivity index (χ4v) is 3.54. The average molecular weight is 298 g/mol. The lowest BCUT2D eigenvalue weighted by Gasteiger charge is -2.10. The van der Waals surface area contributed by atoms with Gasteiger partial charge < -0.3 is 10.1 Å². The minimum Gasteiger partial charge on any atom is -0.376 e. The first-order chi connectivity index (χ1) is 9.16. The van der Waals surface area contributed by atoms with Crippen molar-refractivity contribution in [2.24, 2.45) is 0 Å². The number of thiazole rings is 1. The molecule has 1 aliphatic heterocycles. The van der Waals surface area contributed by atoms with Gasteiger partial charge in [0.1, 0.15) is 4.88 Å². The Kier molecular flexibility index (Phi) is 3.38. The molecule has 102 valence electrons. The summed E-state index contributed by atoms with van der Waals surface area (Å²) in [5, 5.41) is 9.71. The van der Waals surface area contributed by atoms with Crippen molar-refractivity contribution in [3.05, 3.63) is 15.3 Å². The topological polar surface area (TPSA) is 71.4 Å². The molecule has 1 amide bonds. The summed E-state index contributed by atoms with van der Waals surface area (Å²) in [5.74, 6) is -0.0853. The number of ether oxygens (including phenoxy) is 1. The molecule has 1 saturated heterocycles. The number of aromatic amines is 1. The Labute approximate surface area is 118 Å². The minimum atomic E-state index is -0.0853. The van der Waals surface area contributed by atoms with E-state index in [1.54, 1.807) is 4.40 Å². The van der Waals surface area contributed by atoms with Crippen LogP contribution in [0.2, 0.25) is 0 Å². The van der Waals surface area contributed by atoms with Crippen molar-refractivity contribution < 1.29 is 9.53 Å². The van der Waals surface area contributed by atoms with E-state index in [4.69, 9.17) is 17.0 Å². The van der Waals surface area contributed by atoms with Gasteiger partial charge in [0.05, 0.1) is 6.10 Å². The molecule has 19 heavy (non-hydrogen) atoms. The van der Waals surface area contributed by atoms with Crippen LogP contribution in [0.1, 0.15) is 28.2 Å². The Morgan fingerprint density at radius 1 is 1.74 bits per heavy atom. The monoisotopic (exact) mass is 298 g/mol. The van der Waals surface area contributed by atoms with E-state index in [9.17, 15) is 4.79 Å². The van der Waals surface area contributed by atoms with Gasteiger partial charge in [-0.2, -0.15) is 0 Å². The number of H-pyrrole nitrogens is 1. The van der Waals surface area contributed by atoms with Crippen LogP contribution in [0, 0.1) is 11.7 Å². The normalized spacial score (nSPS) is 19.1. The quantitative estimate of drug-likeness (QED) is 0.846. The van der Waals surface area contributed by atoms with Gasteiger partial charge in [-0.25, -0.2) is 0 Å². The zero-order chi connectivity index (χ0) is 13.4. The standard InChI is InChI=1S/C11H14N4O2S2/c1-6-8(19-11-14-13-10(18)15(6)11)9(16)12-5-7-3-2-4-17-7/h7H,2-5H2,1H3,(H,12,16)(H,13,18). The molecule has 8 heteroatoms. The lowest BCUT2D eigenvalue weighted by Crippen LogP contribution is -2.31. The van der Waals surface area contributed by atoms with E-state index in [-0.39, 0.29) is 12.0 Å². The van der Waals surface area contributed by atoms with E-state index < -0.39 is 0 Å². The highest BCUT2D eigenvalue weighted by Gasteiger charge is 2.20. The van der Waals surface area contributed by atoms with E-state index in [2.05, 4.69) is 15.5 Å². The number of amides is 1. The minimum absolute atomic E-state index is 0.0853. The molecule has 2 aromatic heterocycles. The molecule has 3 heterocycles. The van der Waals surface area contributed by atoms with Crippen LogP contribution in [0.4, 0.5) is 0 Å². The fraction of sp³-hybridized carbons (Fsp3) is 0.545. The van der Waals surface area contributed by atoms with Gasteiger partial charge in [-0.1, -0.05) is 11.3 Å². The average Bonchev–Trinajstić information content (AvgIpc) is 3.07. The maximum atomic E-state index is 12.2. The maximum Gasteiger partial charge on any atom is 0.263 e. The highest BCUT2D eigenvalue weighted by atomic mass is 32.1. The van der Waals surface area contributed by atoms with Crippen LogP contribution in [0.15, 0.2) is 0 Å². The van der Waals surface area contributed by atoms with Crippen LogP contribution in [0.5, 0.6) is 0 Å². The highest BCUT2D eigenvalue weighted by Crippen LogP contribution is 2.21. The van der Waals surface area contributed by atoms with E-state index >= 15 is 0 Å². The SMILES string of the molecule is Cc1c(C(=O)NCC2CCCO2)sc2n[nH]c(=S)n12. The molecule has 0 aromatic carbocycles. The zero-order valence-electron chi connectivity index (χ0n) is 10.4. The summed E-state index contributed by atoms with van der Waals surface area (Å²) in [6, 6.07) is 0. The number of hydrogen-bond donors (Lipinski definition) is 2. The number of carbonyl (C=O) groups is 1. The number of rotatable bonds is 3. The van der Waals surface area contributed by atoms with Crippen LogP contribution in [0.3, 0.4) is 0 Å². The van der Waals surface area contributed by atoms with Crippen LogP contribution in [0.25, 0.3) is 4.96 Å².